The first-order valence-corrected chi connectivity index (χ1v) is 9.56. The van der Waals surface area contributed by atoms with Gasteiger partial charge in [-0.2, -0.15) is 0 Å². The van der Waals surface area contributed by atoms with Crippen LogP contribution in [0.25, 0.3) is 0 Å². The molecule has 2 aromatic rings. The van der Waals surface area contributed by atoms with E-state index in [0.717, 1.165) is 11.1 Å². The Morgan fingerprint density at radius 2 is 1.73 bits per heavy atom. The molecule has 160 valence electrons. The molecule has 1 atom stereocenters. The Labute approximate surface area is 175 Å². The minimum atomic E-state index is -0.892. The maximum Gasteiger partial charge on any atom is 0.306 e. The van der Waals surface area contributed by atoms with Gasteiger partial charge in [0.25, 0.3) is 5.91 Å². The van der Waals surface area contributed by atoms with Crippen LogP contribution >= 0.6 is 0 Å². The quantitative estimate of drug-likeness (QED) is 0.630. The third-order valence-corrected chi connectivity index (χ3v) is 4.65. The first-order chi connectivity index (χ1) is 14.5. The fourth-order valence-electron chi connectivity index (χ4n) is 2.98. The predicted octanol–water partition coefficient (Wildman–Crippen LogP) is 2.61. The summed E-state index contributed by atoms with van der Waals surface area (Å²) in [6.45, 7) is 2.04. The van der Waals surface area contributed by atoms with Gasteiger partial charge in [0.15, 0.2) is 29.1 Å². The number of carbonyl (C=O) groups excluding carboxylic acids is 2. The van der Waals surface area contributed by atoms with Gasteiger partial charge < -0.3 is 29.0 Å². The van der Waals surface area contributed by atoms with E-state index in [9.17, 15) is 9.59 Å². The maximum absolute atomic E-state index is 12.2. The third-order valence-electron chi connectivity index (χ3n) is 4.65. The van der Waals surface area contributed by atoms with Gasteiger partial charge in [0.05, 0.1) is 14.2 Å². The second-order valence-electron chi connectivity index (χ2n) is 6.73. The smallest absolute Gasteiger partial charge is 0.306 e. The minimum Gasteiger partial charge on any atom is -0.493 e. The van der Waals surface area contributed by atoms with Crippen molar-refractivity contribution in [2.45, 2.75) is 32.4 Å². The number of aryl methyl sites for hydroxylation is 1. The van der Waals surface area contributed by atoms with E-state index in [2.05, 4.69) is 5.32 Å². The van der Waals surface area contributed by atoms with Gasteiger partial charge in [-0.1, -0.05) is 12.1 Å². The number of carbonyl (C=O) groups is 2. The molecule has 2 aromatic carbocycles. The summed E-state index contributed by atoms with van der Waals surface area (Å²) in [5.74, 6) is 1.73. The SMILES string of the molecule is COc1ccc(CCC(=O)O[C@@H](C)C(=O)NCc2ccc3c(c2)OCO3)cc1OC. The second kappa shape index (κ2) is 9.87. The summed E-state index contributed by atoms with van der Waals surface area (Å²) in [5.41, 5.74) is 1.77. The zero-order valence-corrected chi connectivity index (χ0v) is 17.2. The summed E-state index contributed by atoms with van der Waals surface area (Å²) in [6.07, 6.45) is -0.281. The average Bonchev–Trinajstić information content (AvgIpc) is 3.23. The molecule has 8 heteroatoms. The van der Waals surface area contributed by atoms with Crippen molar-refractivity contribution < 1.29 is 33.3 Å². The lowest BCUT2D eigenvalue weighted by atomic mass is 10.1. The summed E-state index contributed by atoms with van der Waals surface area (Å²) >= 11 is 0. The Morgan fingerprint density at radius 3 is 2.50 bits per heavy atom. The van der Waals surface area contributed by atoms with Gasteiger partial charge in [-0.05, 0) is 48.7 Å². The number of hydrogen-bond donors (Lipinski definition) is 1. The highest BCUT2D eigenvalue weighted by atomic mass is 16.7. The van der Waals surface area contributed by atoms with Gasteiger partial charge in [0.2, 0.25) is 6.79 Å². The minimum absolute atomic E-state index is 0.148. The summed E-state index contributed by atoms with van der Waals surface area (Å²) in [6, 6.07) is 10.9. The van der Waals surface area contributed by atoms with Crippen LogP contribution in [0.3, 0.4) is 0 Å². The van der Waals surface area contributed by atoms with Gasteiger partial charge in [0, 0.05) is 13.0 Å². The molecule has 0 bridgehead atoms. The van der Waals surface area contributed by atoms with Crippen LogP contribution in [0.4, 0.5) is 0 Å². The molecule has 0 fully saturated rings. The normalized spacial score (nSPS) is 12.8. The number of nitrogens with one attached hydrogen (secondary N) is 1. The molecule has 0 saturated heterocycles. The highest BCUT2D eigenvalue weighted by Crippen LogP contribution is 2.32. The summed E-state index contributed by atoms with van der Waals surface area (Å²) in [4.78, 5) is 24.4. The molecule has 1 aliphatic heterocycles. The van der Waals surface area contributed by atoms with Gasteiger partial charge in [0.1, 0.15) is 0 Å². The van der Waals surface area contributed by atoms with Crippen LogP contribution in [0.5, 0.6) is 23.0 Å². The van der Waals surface area contributed by atoms with Crippen LogP contribution in [0.2, 0.25) is 0 Å². The van der Waals surface area contributed by atoms with Crippen LogP contribution in [-0.2, 0) is 27.3 Å². The lowest BCUT2D eigenvalue weighted by Crippen LogP contribution is -2.35. The highest BCUT2D eigenvalue weighted by molar-refractivity contribution is 5.83. The summed E-state index contributed by atoms with van der Waals surface area (Å²) < 4.78 is 26.3. The van der Waals surface area contributed by atoms with Crippen molar-refractivity contribution in [2.24, 2.45) is 0 Å². The van der Waals surface area contributed by atoms with Crippen molar-refractivity contribution in [3.63, 3.8) is 0 Å². The zero-order chi connectivity index (χ0) is 21.5. The maximum atomic E-state index is 12.2. The molecule has 0 saturated carbocycles. The molecule has 3 rings (SSSR count). The topological polar surface area (TPSA) is 92.3 Å². The number of rotatable bonds is 9. The molecule has 1 heterocycles. The van der Waals surface area contributed by atoms with Gasteiger partial charge >= 0.3 is 5.97 Å². The molecule has 0 radical (unpaired) electrons. The van der Waals surface area contributed by atoms with Crippen molar-refractivity contribution >= 4 is 11.9 Å². The number of hydrogen-bond acceptors (Lipinski definition) is 7. The highest BCUT2D eigenvalue weighted by Gasteiger charge is 2.19. The van der Waals surface area contributed by atoms with E-state index in [4.69, 9.17) is 23.7 Å². The van der Waals surface area contributed by atoms with Crippen molar-refractivity contribution in [3.8, 4) is 23.0 Å². The van der Waals surface area contributed by atoms with Crippen molar-refractivity contribution in [1.29, 1.82) is 0 Å². The Kier molecular flexibility index (Phi) is 7.00. The molecule has 0 aromatic heterocycles. The van der Waals surface area contributed by atoms with E-state index in [1.54, 1.807) is 33.3 Å². The third kappa shape index (κ3) is 5.34. The molecular formula is C22H25NO7. The number of esters is 1. The molecule has 0 unspecified atom stereocenters. The van der Waals surface area contributed by atoms with Gasteiger partial charge in [-0.3, -0.25) is 9.59 Å². The summed E-state index contributed by atoms with van der Waals surface area (Å²) in [5, 5.41) is 2.75. The van der Waals surface area contributed by atoms with Crippen LogP contribution in [0, 0.1) is 0 Å². The largest absolute Gasteiger partial charge is 0.493 e. The number of amides is 1. The van der Waals surface area contributed by atoms with E-state index >= 15 is 0 Å². The fourth-order valence-corrected chi connectivity index (χ4v) is 2.98. The first kappa shape index (κ1) is 21.3. The van der Waals surface area contributed by atoms with Crippen LogP contribution < -0.4 is 24.3 Å². The van der Waals surface area contributed by atoms with E-state index in [1.165, 1.54) is 0 Å². The number of ether oxygens (including phenoxy) is 5. The molecular weight excluding hydrogens is 390 g/mol. The predicted molar refractivity (Wildman–Crippen MR) is 108 cm³/mol. The molecule has 8 nitrogen and oxygen atoms in total. The van der Waals surface area contributed by atoms with Crippen molar-refractivity contribution in [1.82, 2.24) is 5.32 Å². The van der Waals surface area contributed by atoms with Gasteiger partial charge in [-0.25, -0.2) is 0 Å². The van der Waals surface area contributed by atoms with E-state index in [0.29, 0.717) is 36.0 Å². The van der Waals surface area contributed by atoms with E-state index in [-0.39, 0.29) is 19.1 Å². The van der Waals surface area contributed by atoms with Gasteiger partial charge in [-0.15, -0.1) is 0 Å². The fraction of sp³-hybridized carbons (Fsp3) is 0.364. The number of fused-ring (bicyclic) bond motifs is 1. The molecule has 1 N–H and O–H groups in total. The van der Waals surface area contributed by atoms with Crippen LogP contribution in [0.1, 0.15) is 24.5 Å². The first-order valence-electron chi connectivity index (χ1n) is 9.56. The van der Waals surface area contributed by atoms with E-state index < -0.39 is 12.1 Å². The molecule has 30 heavy (non-hydrogen) atoms. The standard InChI is InChI=1S/C22H25NO7/c1-14(22(25)23-12-16-5-8-18-20(11-16)29-13-28-18)30-21(24)9-6-15-4-7-17(26-2)19(10-15)27-3/h4-5,7-8,10-11,14H,6,9,12-13H2,1-3H3,(H,23,25)/t14-/m0/s1. The molecule has 1 aliphatic rings. The Balaban J connectivity index is 1.44. The number of benzene rings is 2. The van der Waals surface area contributed by atoms with Crippen LogP contribution in [-0.4, -0.2) is 39.0 Å². The average molecular weight is 415 g/mol. The number of methoxy groups -OCH3 is 2. The zero-order valence-electron chi connectivity index (χ0n) is 17.2. The summed E-state index contributed by atoms with van der Waals surface area (Å²) in [7, 11) is 3.12. The van der Waals surface area contributed by atoms with Crippen LogP contribution in [0.15, 0.2) is 36.4 Å². The lowest BCUT2D eigenvalue weighted by molar-refractivity contribution is -0.154. The van der Waals surface area contributed by atoms with E-state index in [1.807, 2.05) is 24.3 Å². The Bertz CT molecular complexity index is 912. The Hall–Kier alpha value is -3.42. The second-order valence-corrected chi connectivity index (χ2v) is 6.73. The lowest BCUT2D eigenvalue weighted by Gasteiger charge is -2.14. The molecule has 1 amide bonds. The molecule has 0 aliphatic carbocycles. The van der Waals surface area contributed by atoms with Crippen molar-refractivity contribution in [3.05, 3.63) is 47.5 Å². The monoisotopic (exact) mass is 415 g/mol. The van der Waals surface area contributed by atoms with Crippen molar-refractivity contribution in [2.75, 3.05) is 21.0 Å². The molecule has 0 spiro atoms. The Morgan fingerprint density at radius 1 is 1.00 bits per heavy atom.